The fraction of sp³-hybridized carbons (Fsp3) is 0.318. The van der Waals surface area contributed by atoms with Gasteiger partial charge in [0.2, 0.25) is 0 Å². The van der Waals surface area contributed by atoms with Crippen molar-refractivity contribution < 1.29 is 14.2 Å². The van der Waals surface area contributed by atoms with Gasteiger partial charge < -0.3 is 9.84 Å². The Morgan fingerprint density at radius 3 is 2.93 bits per heavy atom. The summed E-state index contributed by atoms with van der Waals surface area (Å²) in [6.07, 6.45) is 3.58. The number of nitrogens with zero attached hydrogens (tertiary/aromatic N) is 3. The maximum Gasteiger partial charge on any atom is 0.123 e. The molecule has 2 atom stereocenters. The van der Waals surface area contributed by atoms with Crippen LogP contribution in [0.15, 0.2) is 60.9 Å². The molecule has 0 amide bonds. The third-order valence-electron chi connectivity index (χ3n) is 6.03. The molecule has 0 aliphatic carbocycles. The molecule has 28 heavy (non-hydrogen) atoms. The Morgan fingerprint density at radius 1 is 1.21 bits per heavy atom. The summed E-state index contributed by atoms with van der Waals surface area (Å²) in [7, 11) is 0. The average Bonchev–Trinajstić information content (AvgIpc) is 3.36. The molecule has 0 spiro atoms. The van der Waals surface area contributed by atoms with E-state index in [4.69, 9.17) is 4.74 Å². The maximum absolute atomic E-state index is 14.0. The zero-order valence-corrected chi connectivity index (χ0v) is 15.5. The number of ether oxygens (including phenoxy) is 1. The minimum absolute atomic E-state index is 0.0671. The lowest BCUT2D eigenvalue weighted by Crippen LogP contribution is -2.42. The Morgan fingerprint density at radius 2 is 2.11 bits per heavy atom. The second kappa shape index (κ2) is 6.72. The van der Waals surface area contributed by atoms with Crippen molar-refractivity contribution in [2.75, 3.05) is 26.3 Å². The molecule has 1 saturated heterocycles. The Labute approximate surface area is 163 Å². The molecule has 144 valence electrons. The summed E-state index contributed by atoms with van der Waals surface area (Å²) >= 11 is 0. The SMILES string of the molecule is OCC12COc3ccccc3C1CN(Cc1cc(F)ccc1-n1cccn1)C2. The summed E-state index contributed by atoms with van der Waals surface area (Å²) in [6.45, 7) is 2.66. The third-order valence-corrected chi connectivity index (χ3v) is 6.03. The van der Waals surface area contributed by atoms with Gasteiger partial charge in [-0.15, -0.1) is 0 Å². The molecule has 3 heterocycles. The van der Waals surface area contributed by atoms with Crippen molar-refractivity contribution >= 4 is 0 Å². The number of aliphatic hydroxyl groups excluding tert-OH is 1. The van der Waals surface area contributed by atoms with Gasteiger partial charge in [-0.3, -0.25) is 4.90 Å². The van der Waals surface area contributed by atoms with Crippen molar-refractivity contribution in [2.24, 2.45) is 5.41 Å². The first-order chi connectivity index (χ1) is 13.7. The number of hydrogen-bond acceptors (Lipinski definition) is 4. The zero-order chi connectivity index (χ0) is 19.1. The zero-order valence-electron chi connectivity index (χ0n) is 15.5. The average molecular weight is 379 g/mol. The molecule has 2 aliphatic rings. The monoisotopic (exact) mass is 379 g/mol. The lowest BCUT2D eigenvalue weighted by atomic mass is 9.74. The summed E-state index contributed by atoms with van der Waals surface area (Å²) in [6, 6.07) is 14.7. The number of halogens is 1. The van der Waals surface area contributed by atoms with Gasteiger partial charge in [0.1, 0.15) is 11.6 Å². The van der Waals surface area contributed by atoms with Crippen molar-refractivity contribution in [3.63, 3.8) is 0 Å². The molecule has 0 bridgehead atoms. The molecule has 6 heteroatoms. The van der Waals surface area contributed by atoms with Crippen molar-refractivity contribution in [1.29, 1.82) is 0 Å². The van der Waals surface area contributed by atoms with Crippen LogP contribution in [0.4, 0.5) is 4.39 Å². The normalized spacial score (nSPS) is 23.9. The number of aromatic nitrogens is 2. The first-order valence-electron chi connectivity index (χ1n) is 9.52. The van der Waals surface area contributed by atoms with Crippen molar-refractivity contribution in [1.82, 2.24) is 14.7 Å². The Hall–Kier alpha value is -2.70. The fourth-order valence-corrected chi connectivity index (χ4v) is 4.65. The topological polar surface area (TPSA) is 50.5 Å². The highest BCUT2D eigenvalue weighted by Crippen LogP contribution is 2.49. The largest absolute Gasteiger partial charge is 0.493 e. The number of likely N-dealkylation sites (tertiary alicyclic amines) is 1. The fourth-order valence-electron chi connectivity index (χ4n) is 4.65. The molecule has 5 rings (SSSR count). The Kier molecular flexibility index (Phi) is 4.18. The quantitative estimate of drug-likeness (QED) is 0.757. The maximum atomic E-state index is 14.0. The highest BCUT2D eigenvalue weighted by atomic mass is 19.1. The minimum Gasteiger partial charge on any atom is -0.493 e. The molecular formula is C22H22FN3O2. The van der Waals surface area contributed by atoms with Crippen LogP contribution in [0.1, 0.15) is 17.0 Å². The van der Waals surface area contributed by atoms with Crippen molar-refractivity contribution in [3.05, 3.63) is 77.9 Å². The van der Waals surface area contributed by atoms with E-state index < -0.39 is 0 Å². The van der Waals surface area contributed by atoms with Gasteiger partial charge in [0.15, 0.2) is 0 Å². The smallest absolute Gasteiger partial charge is 0.123 e. The van der Waals surface area contributed by atoms with Crippen molar-refractivity contribution in [3.8, 4) is 11.4 Å². The van der Waals surface area contributed by atoms with Crippen LogP contribution < -0.4 is 4.74 Å². The van der Waals surface area contributed by atoms with Crippen LogP contribution in [-0.2, 0) is 6.54 Å². The van der Waals surface area contributed by atoms with Gasteiger partial charge >= 0.3 is 0 Å². The van der Waals surface area contributed by atoms with E-state index in [-0.39, 0.29) is 23.8 Å². The van der Waals surface area contributed by atoms with Crippen LogP contribution in [0.2, 0.25) is 0 Å². The highest BCUT2D eigenvalue weighted by Gasteiger charge is 2.50. The molecule has 1 fully saturated rings. The number of aliphatic hydroxyl groups is 1. The summed E-state index contributed by atoms with van der Waals surface area (Å²) < 4.78 is 21.7. The highest BCUT2D eigenvalue weighted by molar-refractivity contribution is 5.43. The molecule has 0 radical (unpaired) electrons. The van der Waals surface area contributed by atoms with Crippen LogP contribution >= 0.6 is 0 Å². The van der Waals surface area contributed by atoms with Gasteiger partial charge in [-0.05, 0) is 41.5 Å². The van der Waals surface area contributed by atoms with Gasteiger partial charge in [0, 0.05) is 43.4 Å². The van der Waals surface area contributed by atoms with E-state index in [1.54, 1.807) is 23.0 Å². The number of rotatable bonds is 4. The van der Waals surface area contributed by atoms with E-state index in [9.17, 15) is 9.50 Å². The van der Waals surface area contributed by atoms with Crippen LogP contribution in [0.5, 0.6) is 5.75 Å². The van der Waals surface area contributed by atoms with Crippen LogP contribution in [-0.4, -0.2) is 46.1 Å². The molecule has 1 aromatic heterocycles. The third kappa shape index (κ3) is 2.80. The number of benzene rings is 2. The van der Waals surface area contributed by atoms with E-state index in [1.165, 1.54) is 6.07 Å². The molecular weight excluding hydrogens is 357 g/mol. The molecule has 2 aromatic carbocycles. The van der Waals surface area contributed by atoms with E-state index in [2.05, 4.69) is 16.1 Å². The molecule has 3 aromatic rings. The summed E-state index contributed by atoms with van der Waals surface area (Å²) in [5, 5.41) is 14.5. The number of para-hydroxylation sites is 1. The summed E-state index contributed by atoms with van der Waals surface area (Å²) in [5.74, 6) is 0.846. The van der Waals surface area contributed by atoms with Crippen LogP contribution in [0, 0.1) is 11.2 Å². The van der Waals surface area contributed by atoms with E-state index in [1.807, 2.05) is 30.5 Å². The second-order valence-electron chi connectivity index (χ2n) is 7.79. The van der Waals surface area contributed by atoms with Gasteiger partial charge in [-0.1, -0.05) is 18.2 Å². The van der Waals surface area contributed by atoms with Crippen molar-refractivity contribution in [2.45, 2.75) is 12.5 Å². The summed E-state index contributed by atoms with van der Waals surface area (Å²) in [4.78, 5) is 2.29. The van der Waals surface area contributed by atoms with Gasteiger partial charge in [0.25, 0.3) is 0 Å². The Bertz CT molecular complexity index is 991. The lowest BCUT2D eigenvalue weighted by Gasteiger charge is -2.38. The second-order valence-corrected chi connectivity index (χ2v) is 7.79. The predicted molar refractivity (Wildman–Crippen MR) is 103 cm³/mol. The van der Waals surface area contributed by atoms with Crippen LogP contribution in [0.3, 0.4) is 0 Å². The molecule has 2 unspecified atom stereocenters. The first-order valence-corrected chi connectivity index (χ1v) is 9.52. The number of fused-ring (bicyclic) bond motifs is 3. The molecule has 2 aliphatic heterocycles. The van der Waals surface area contributed by atoms with Crippen LogP contribution in [0.25, 0.3) is 5.69 Å². The van der Waals surface area contributed by atoms with Gasteiger partial charge in [0.05, 0.1) is 18.9 Å². The van der Waals surface area contributed by atoms with E-state index >= 15 is 0 Å². The Balaban J connectivity index is 1.46. The summed E-state index contributed by atoms with van der Waals surface area (Å²) in [5.41, 5.74) is 2.57. The number of hydrogen-bond donors (Lipinski definition) is 1. The molecule has 1 N–H and O–H groups in total. The van der Waals surface area contributed by atoms with E-state index in [0.717, 1.165) is 29.1 Å². The first kappa shape index (κ1) is 17.4. The van der Waals surface area contributed by atoms with Gasteiger partial charge in [-0.2, -0.15) is 5.10 Å². The standard InChI is InChI=1S/C22H22FN3O2/c23-17-6-7-20(26-9-3-8-24-26)16(10-17)11-25-12-19-18-4-1-2-5-21(18)28-15-22(19,13-25)14-27/h1-10,19,27H,11-15H2. The predicted octanol–water partition coefficient (Wildman–Crippen LogP) is 2.98. The lowest BCUT2D eigenvalue weighted by molar-refractivity contribution is 0.0457. The van der Waals surface area contributed by atoms with E-state index in [0.29, 0.717) is 19.7 Å². The van der Waals surface area contributed by atoms with Gasteiger partial charge in [-0.25, -0.2) is 9.07 Å². The molecule has 5 nitrogen and oxygen atoms in total. The molecule has 0 saturated carbocycles. The minimum atomic E-state index is -0.326.